The molecule has 6 heteroatoms. The van der Waals surface area contributed by atoms with E-state index in [9.17, 15) is 4.79 Å². The topological polar surface area (TPSA) is 50.8 Å². The van der Waals surface area contributed by atoms with Crippen LogP contribution < -0.4 is 10.1 Å². The average molecular weight is 397 g/mol. The highest BCUT2D eigenvalue weighted by molar-refractivity contribution is 9.10. The number of nitrogens with one attached hydrogen (secondary N) is 1. The molecule has 0 unspecified atom stereocenters. The first-order valence-electron chi connectivity index (χ1n) is 8.04. The Labute approximate surface area is 152 Å². The maximum atomic E-state index is 12.1. The minimum Gasteiger partial charge on any atom is -0.496 e. The monoisotopic (exact) mass is 396 g/mol. The maximum absolute atomic E-state index is 12.1. The van der Waals surface area contributed by atoms with E-state index in [1.807, 2.05) is 18.2 Å². The van der Waals surface area contributed by atoms with E-state index < -0.39 is 0 Å². The molecular weight excluding hydrogens is 372 g/mol. The fourth-order valence-corrected chi connectivity index (χ4v) is 3.02. The van der Waals surface area contributed by atoms with Crippen LogP contribution in [-0.4, -0.2) is 56.3 Å². The van der Waals surface area contributed by atoms with E-state index >= 15 is 0 Å². The van der Waals surface area contributed by atoms with E-state index in [2.05, 4.69) is 40.0 Å². The van der Waals surface area contributed by atoms with Crippen molar-refractivity contribution in [3.8, 4) is 5.75 Å². The molecule has 1 aliphatic rings. The van der Waals surface area contributed by atoms with Gasteiger partial charge in [-0.15, -0.1) is 0 Å². The number of amides is 1. The molecule has 2 rings (SSSR count). The normalized spacial score (nSPS) is 16.3. The highest BCUT2D eigenvalue weighted by Gasteiger charge is 2.28. The van der Waals surface area contributed by atoms with Gasteiger partial charge in [-0.1, -0.05) is 15.9 Å². The molecular formula is C18H25BrN2O3. The van der Waals surface area contributed by atoms with Crippen LogP contribution in [0, 0.1) is 0 Å². The fraction of sp³-hybridized carbons (Fsp3) is 0.500. The van der Waals surface area contributed by atoms with Crippen LogP contribution in [0.4, 0.5) is 0 Å². The van der Waals surface area contributed by atoms with Gasteiger partial charge in [0, 0.05) is 41.3 Å². The summed E-state index contributed by atoms with van der Waals surface area (Å²) in [5.74, 6) is 0.620. The molecule has 1 fully saturated rings. The molecule has 1 aromatic rings. The standard InChI is InChI=1S/C18H25BrN2O3/c1-18(2,21-8-10-24-11-9-21)13-20-17(22)7-4-14-12-15(19)5-6-16(14)23-3/h4-7,12H,8-11,13H2,1-3H3,(H,20,22)/b7-4+. The molecule has 0 atom stereocenters. The average Bonchev–Trinajstić information content (AvgIpc) is 2.59. The molecule has 0 aromatic heterocycles. The number of nitrogens with zero attached hydrogens (tertiary/aromatic N) is 1. The van der Waals surface area contributed by atoms with Gasteiger partial charge in [0.05, 0.1) is 20.3 Å². The highest BCUT2D eigenvalue weighted by Crippen LogP contribution is 2.24. The molecule has 1 saturated heterocycles. The molecule has 1 N–H and O–H groups in total. The van der Waals surface area contributed by atoms with E-state index in [4.69, 9.17) is 9.47 Å². The quantitative estimate of drug-likeness (QED) is 0.750. The number of carbonyl (C=O) groups excluding carboxylic acids is 1. The SMILES string of the molecule is COc1ccc(Br)cc1/C=C/C(=O)NCC(C)(C)N1CCOCC1. The Morgan fingerprint density at radius 2 is 2.12 bits per heavy atom. The molecule has 0 saturated carbocycles. The van der Waals surface area contributed by atoms with Crippen LogP contribution in [0.5, 0.6) is 5.75 Å². The van der Waals surface area contributed by atoms with Gasteiger partial charge in [0.1, 0.15) is 5.75 Å². The second-order valence-electron chi connectivity index (χ2n) is 6.35. The van der Waals surface area contributed by atoms with E-state index in [1.54, 1.807) is 19.3 Å². The molecule has 1 aromatic carbocycles. The summed E-state index contributed by atoms with van der Waals surface area (Å²) >= 11 is 3.43. The van der Waals surface area contributed by atoms with Crippen LogP contribution in [0.15, 0.2) is 28.7 Å². The largest absolute Gasteiger partial charge is 0.496 e. The Morgan fingerprint density at radius 3 is 2.79 bits per heavy atom. The first kappa shape index (κ1) is 19.0. The van der Waals surface area contributed by atoms with Gasteiger partial charge in [0.2, 0.25) is 5.91 Å². The minimum absolute atomic E-state index is 0.0965. The molecule has 0 aliphatic carbocycles. The molecule has 132 valence electrons. The highest BCUT2D eigenvalue weighted by atomic mass is 79.9. The number of ether oxygens (including phenoxy) is 2. The second kappa shape index (κ2) is 8.65. The van der Waals surface area contributed by atoms with Gasteiger partial charge in [-0.05, 0) is 38.1 Å². The third kappa shape index (κ3) is 5.33. The van der Waals surface area contributed by atoms with Crippen LogP contribution in [0.25, 0.3) is 6.08 Å². The second-order valence-corrected chi connectivity index (χ2v) is 7.26. The number of morpholine rings is 1. The van der Waals surface area contributed by atoms with Crippen LogP contribution in [0.1, 0.15) is 19.4 Å². The fourth-order valence-electron chi connectivity index (χ4n) is 2.64. The van der Waals surface area contributed by atoms with Gasteiger partial charge < -0.3 is 14.8 Å². The Kier molecular flexibility index (Phi) is 6.83. The molecule has 1 heterocycles. The van der Waals surface area contributed by atoms with E-state index in [-0.39, 0.29) is 11.4 Å². The molecule has 1 aliphatic heterocycles. The summed E-state index contributed by atoms with van der Waals surface area (Å²) in [7, 11) is 1.62. The third-order valence-electron chi connectivity index (χ3n) is 4.17. The van der Waals surface area contributed by atoms with Crippen molar-refractivity contribution in [2.45, 2.75) is 19.4 Å². The summed E-state index contributed by atoms with van der Waals surface area (Å²) in [6, 6.07) is 5.69. The number of methoxy groups -OCH3 is 1. The summed E-state index contributed by atoms with van der Waals surface area (Å²) < 4.78 is 11.6. The van der Waals surface area contributed by atoms with Crippen molar-refractivity contribution in [2.75, 3.05) is 40.0 Å². The van der Waals surface area contributed by atoms with Crippen LogP contribution in [-0.2, 0) is 9.53 Å². The number of hydrogen-bond acceptors (Lipinski definition) is 4. The van der Waals surface area contributed by atoms with Crippen molar-refractivity contribution in [2.24, 2.45) is 0 Å². The van der Waals surface area contributed by atoms with E-state index in [1.165, 1.54) is 0 Å². The van der Waals surface area contributed by atoms with Gasteiger partial charge in [0.15, 0.2) is 0 Å². The van der Waals surface area contributed by atoms with Crippen molar-refractivity contribution in [1.82, 2.24) is 10.2 Å². The molecule has 0 radical (unpaired) electrons. The van der Waals surface area contributed by atoms with Gasteiger partial charge in [-0.2, -0.15) is 0 Å². The first-order chi connectivity index (χ1) is 11.4. The van der Waals surface area contributed by atoms with Crippen molar-refractivity contribution in [1.29, 1.82) is 0 Å². The Balaban J connectivity index is 1.92. The van der Waals surface area contributed by atoms with Gasteiger partial charge in [-0.3, -0.25) is 9.69 Å². The number of rotatable bonds is 6. The molecule has 1 amide bonds. The summed E-state index contributed by atoms with van der Waals surface area (Å²) in [6.45, 7) is 8.16. The Hall–Kier alpha value is -1.37. The van der Waals surface area contributed by atoms with Crippen molar-refractivity contribution in [3.63, 3.8) is 0 Å². The van der Waals surface area contributed by atoms with Crippen molar-refractivity contribution < 1.29 is 14.3 Å². The van der Waals surface area contributed by atoms with Gasteiger partial charge in [-0.25, -0.2) is 0 Å². The minimum atomic E-state index is -0.113. The van der Waals surface area contributed by atoms with Gasteiger partial charge >= 0.3 is 0 Å². The van der Waals surface area contributed by atoms with Crippen molar-refractivity contribution >= 4 is 27.9 Å². The number of carbonyl (C=O) groups is 1. The van der Waals surface area contributed by atoms with Crippen LogP contribution >= 0.6 is 15.9 Å². The molecule has 0 spiro atoms. The Morgan fingerprint density at radius 1 is 1.42 bits per heavy atom. The zero-order valence-electron chi connectivity index (χ0n) is 14.5. The Bertz CT molecular complexity index is 596. The summed E-state index contributed by atoms with van der Waals surface area (Å²) in [5.41, 5.74) is 0.760. The number of benzene rings is 1. The number of halogens is 1. The summed E-state index contributed by atoms with van der Waals surface area (Å²) in [6.07, 6.45) is 3.31. The lowest BCUT2D eigenvalue weighted by Crippen LogP contribution is -2.55. The van der Waals surface area contributed by atoms with Crippen molar-refractivity contribution in [3.05, 3.63) is 34.3 Å². The molecule has 0 bridgehead atoms. The first-order valence-corrected chi connectivity index (χ1v) is 8.84. The molecule has 5 nitrogen and oxygen atoms in total. The lowest BCUT2D eigenvalue weighted by Gasteiger charge is -2.40. The number of hydrogen-bond donors (Lipinski definition) is 1. The summed E-state index contributed by atoms with van der Waals surface area (Å²) in [4.78, 5) is 14.5. The van der Waals surface area contributed by atoms with Gasteiger partial charge in [0.25, 0.3) is 0 Å². The lowest BCUT2D eigenvalue weighted by molar-refractivity contribution is -0.117. The zero-order chi connectivity index (χ0) is 17.6. The third-order valence-corrected chi connectivity index (χ3v) is 4.66. The predicted octanol–water partition coefficient (Wildman–Crippen LogP) is 2.70. The van der Waals surface area contributed by atoms with E-state index in [0.29, 0.717) is 6.54 Å². The van der Waals surface area contributed by atoms with E-state index in [0.717, 1.165) is 42.1 Å². The predicted molar refractivity (Wildman–Crippen MR) is 99.2 cm³/mol. The van der Waals surface area contributed by atoms with Crippen LogP contribution in [0.3, 0.4) is 0 Å². The molecule has 24 heavy (non-hydrogen) atoms. The van der Waals surface area contributed by atoms with Crippen LogP contribution in [0.2, 0.25) is 0 Å². The lowest BCUT2D eigenvalue weighted by atomic mass is 10.0. The smallest absolute Gasteiger partial charge is 0.244 e. The zero-order valence-corrected chi connectivity index (χ0v) is 16.1. The summed E-state index contributed by atoms with van der Waals surface area (Å²) in [5, 5.41) is 2.98. The maximum Gasteiger partial charge on any atom is 0.244 e.